The second-order valence-corrected chi connectivity index (χ2v) is 32.1. The Bertz CT molecular complexity index is 3770. The van der Waals surface area contributed by atoms with E-state index in [-0.39, 0.29) is 25.5 Å². The fourth-order valence-corrected chi connectivity index (χ4v) is 13.4. The molecule has 8 heteroatoms. The van der Waals surface area contributed by atoms with E-state index >= 15 is 0 Å². The number of furan rings is 1. The van der Waals surface area contributed by atoms with Crippen LogP contribution >= 0.6 is 0 Å². The molecule has 0 saturated heterocycles. The summed E-state index contributed by atoms with van der Waals surface area (Å²) in [4.78, 5) is 20.0. The Morgan fingerprint density at radius 2 is 1.39 bits per heavy atom. The van der Waals surface area contributed by atoms with Crippen LogP contribution < -0.4 is 4.40 Å². The Morgan fingerprint density at radius 3 is 2.11 bits per heavy atom. The van der Waals surface area contributed by atoms with E-state index in [1.807, 2.05) is 19.1 Å². The summed E-state index contributed by atoms with van der Waals surface area (Å²) >= 11 is -1.92. The summed E-state index contributed by atoms with van der Waals surface area (Å²) in [6.45, 7) is 19.7. The van der Waals surface area contributed by atoms with Crippen LogP contribution in [-0.4, -0.2) is 37.8 Å². The van der Waals surface area contributed by atoms with Gasteiger partial charge < -0.3 is 8.98 Å². The van der Waals surface area contributed by atoms with Crippen molar-refractivity contribution in [2.24, 2.45) is 5.92 Å². The molecule has 11 rings (SSSR count). The van der Waals surface area contributed by atoms with Gasteiger partial charge in [-0.2, -0.15) is 0 Å². The van der Waals surface area contributed by atoms with Crippen LogP contribution in [0.3, 0.4) is 0 Å². The first-order chi connectivity index (χ1) is 33.4. The van der Waals surface area contributed by atoms with Crippen molar-refractivity contribution in [1.29, 1.82) is 0 Å². The van der Waals surface area contributed by atoms with Gasteiger partial charge in [0.15, 0.2) is 0 Å². The summed E-state index contributed by atoms with van der Waals surface area (Å²) in [5.74, 6) is 8.77. The quantitative estimate of drug-likeness (QED) is 0.117. The number of rotatable bonds is 7. The van der Waals surface area contributed by atoms with Gasteiger partial charge in [0.2, 0.25) is 5.71 Å². The predicted octanol–water partition coefficient (Wildman–Crippen LogP) is 16.0. The van der Waals surface area contributed by atoms with E-state index in [4.69, 9.17) is 24.4 Å². The molecule has 0 saturated carbocycles. The van der Waals surface area contributed by atoms with Crippen molar-refractivity contribution >= 4 is 72.4 Å². The number of hydrogen-bond donors (Lipinski definition) is 0. The topological polar surface area (TPSA) is 69.6 Å². The minimum Gasteiger partial charge on any atom is -0.486 e. The molecular weight excluding hydrogens is 1110 g/mol. The number of aryl methyl sites for hydroxylation is 4. The summed E-state index contributed by atoms with van der Waals surface area (Å²) in [6.07, 6.45) is 3.28. The molecule has 0 amide bonds. The molecule has 0 N–H and O–H groups in total. The standard InChI is InChI=1S/C41H35N4O.C22H26GeN.Ir/c1-23-9-8-10-24(2)35(23)33-20-19-30-36-25(3)11-17-31(38(36)46-40(30)44-33)39-43-34-22-21-32-29(18-12-26(4)42-32)37(34)45(39)28-15-13-27(14-16-28)41(5,6)7;1-16(2)13-18-14-22(24-15-21(18)23(3,4)5)20-12-8-10-17-9-6-7-11-19(17)20;/h8-16,18-22H,1-7H3;6-11,14-16H,13H2,1-5H3;/q2*-1;. The van der Waals surface area contributed by atoms with E-state index in [2.05, 4.69) is 211 Å². The number of hydrogen-bond acceptors (Lipinski definition) is 5. The minimum absolute atomic E-state index is 0. The van der Waals surface area contributed by atoms with E-state index in [9.17, 15) is 0 Å². The minimum atomic E-state index is -1.92. The van der Waals surface area contributed by atoms with Gasteiger partial charge in [-0.05, 0) is 91.4 Å². The van der Waals surface area contributed by atoms with Crippen LogP contribution in [0.1, 0.15) is 68.1 Å². The first-order valence-electron chi connectivity index (χ1n) is 24.5. The van der Waals surface area contributed by atoms with Crippen molar-refractivity contribution in [2.75, 3.05) is 0 Å². The number of fused-ring (bicyclic) bond motifs is 7. The Hall–Kier alpha value is -6.25. The third kappa shape index (κ3) is 9.53. The maximum absolute atomic E-state index is 6.71. The molecule has 0 spiro atoms. The number of pyridine rings is 3. The van der Waals surface area contributed by atoms with Crippen LogP contribution in [0, 0.1) is 45.7 Å². The molecule has 6 aromatic carbocycles. The summed E-state index contributed by atoms with van der Waals surface area (Å²) in [6, 6.07) is 51.7. The summed E-state index contributed by atoms with van der Waals surface area (Å²) in [5.41, 5.74) is 17.5. The maximum atomic E-state index is 6.71. The smallest absolute Gasteiger partial charge is 0.216 e. The van der Waals surface area contributed by atoms with E-state index in [1.54, 1.807) is 0 Å². The Labute approximate surface area is 434 Å². The normalized spacial score (nSPS) is 12.0. The van der Waals surface area contributed by atoms with Gasteiger partial charge in [-0.1, -0.05) is 69.0 Å². The molecule has 6 nitrogen and oxygen atoms in total. The van der Waals surface area contributed by atoms with Gasteiger partial charge in [-0.3, -0.25) is 9.97 Å². The molecule has 71 heavy (non-hydrogen) atoms. The third-order valence-electron chi connectivity index (χ3n) is 13.6. The monoisotopic (exact) mass is 1170 g/mol. The molecule has 0 bridgehead atoms. The van der Waals surface area contributed by atoms with Crippen LogP contribution in [0.25, 0.3) is 94.4 Å². The van der Waals surface area contributed by atoms with Crippen molar-refractivity contribution in [3.63, 3.8) is 0 Å². The fourth-order valence-electron chi connectivity index (χ4n) is 10.1. The second-order valence-electron chi connectivity index (χ2n) is 21.5. The predicted molar refractivity (Wildman–Crippen MR) is 296 cm³/mol. The number of imidazole rings is 1. The molecule has 1 radical (unpaired) electrons. The van der Waals surface area contributed by atoms with Gasteiger partial charge >= 0.3 is 148 Å². The van der Waals surface area contributed by atoms with Crippen molar-refractivity contribution < 1.29 is 24.5 Å². The largest absolute Gasteiger partial charge is 0.486 e. The first kappa shape index (κ1) is 49.7. The van der Waals surface area contributed by atoms with Crippen LogP contribution in [0.15, 0.2) is 138 Å². The molecule has 0 aliphatic rings. The van der Waals surface area contributed by atoms with Gasteiger partial charge in [-0.25, -0.2) is 4.98 Å². The van der Waals surface area contributed by atoms with Crippen LogP contribution in [0.5, 0.6) is 0 Å². The van der Waals surface area contributed by atoms with E-state index < -0.39 is 13.3 Å². The molecule has 5 heterocycles. The molecule has 0 aliphatic heterocycles. The molecule has 359 valence electrons. The van der Waals surface area contributed by atoms with Gasteiger partial charge in [0, 0.05) is 47.8 Å². The van der Waals surface area contributed by atoms with Gasteiger partial charge in [0.25, 0.3) is 0 Å². The van der Waals surface area contributed by atoms with E-state index in [0.29, 0.717) is 11.6 Å². The Kier molecular flexibility index (Phi) is 13.6. The SMILES string of the molecule is CC(C)Cc1cc(-c2[c-]ccc3ccccc23)nc[c]1[Ge]([CH3])([CH3])[CH3].Cc1ccc2c(ccc3nc(-c4[c-]cc(C)c5c4oc4nc(-c6c(C)cccc6C)ccc45)n(-c4ccc(C(C)(C)C)cc4)c32)n1.[Ir]. The van der Waals surface area contributed by atoms with Crippen LogP contribution in [0.2, 0.25) is 17.3 Å². The zero-order chi connectivity index (χ0) is 49.2. The number of aromatic nitrogens is 5. The van der Waals surface area contributed by atoms with E-state index in [0.717, 1.165) is 95.6 Å². The van der Waals surface area contributed by atoms with Gasteiger partial charge in [0.1, 0.15) is 0 Å². The Morgan fingerprint density at radius 1 is 0.676 bits per heavy atom. The molecule has 0 atom stereocenters. The van der Waals surface area contributed by atoms with Crippen molar-refractivity contribution in [2.45, 2.75) is 91.4 Å². The number of nitrogens with zero attached hydrogens (tertiary/aromatic N) is 5. The van der Waals surface area contributed by atoms with E-state index in [1.165, 1.54) is 37.4 Å². The molecule has 0 fully saturated rings. The molecular formula is C63H61GeIrN5O-2. The third-order valence-corrected chi connectivity index (χ3v) is 17.9. The zero-order valence-corrected chi connectivity index (χ0v) is 47.5. The second kappa shape index (κ2) is 19.4. The van der Waals surface area contributed by atoms with Gasteiger partial charge in [0.05, 0.1) is 33.7 Å². The average Bonchev–Trinajstić information content (AvgIpc) is 3.91. The van der Waals surface area contributed by atoms with Crippen molar-refractivity contribution in [1.82, 2.24) is 24.5 Å². The van der Waals surface area contributed by atoms with Gasteiger partial charge in [-0.15, -0.1) is 17.7 Å². The Balaban J connectivity index is 0.000000211. The summed E-state index contributed by atoms with van der Waals surface area (Å²) in [7, 11) is 0. The molecule has 0 aliphatic carbocycles. The molecule has 5 aromatic heterocycles. The zero-order valence-electron chi connectivity index (χ0n) is 43.0. The van der Waals surface area contributed by atoms with Crippen LogP contribution in [-0.2, 0) is 31.9 Å². The van der Waals surface area contributed by atoms with Crippen LogP contribution in [0.4, 0.5) is 0 Å². The van der Waals surface area contributed by atoms with Crippen molar-refractivity contribution in [3.05, 3.63) is 179 Å². The maximum Gasteiger partial charge on any atom is 0.216 e. The average molecular weight is 1170 g/mol. The first-order valence-corrected chi connectivity index (χ1v) is 31.9. The fraction of sp³-hybridized carbons (Fsp3) is 0.238. The van der Waals surface area contributed by atoms with Crippen molar-refractivity contribution in [3.8, 4) is 39.6 Å². The molecule has 11 aromatic rings. The summed E-state index contributed by atoms with van der Waals surface area (Å²) in [5, 5.41) is 5.55. The number of benzene rings is 6. The summed E-state index contributed by atoms with van der Waals surface area (Å²) < 4.78 is 10.5. The molecule has 0 unspecified atom stereocenters.